The van der Waals surface area contributed by atoms with Gasteiger partial charge < -0.3 is 4.57 Å². The van der Waals surface area contributed by atoms with E-state index in [1.165, 1.54) is 0 Å². The number of carbonyl (C=O) groups excluding carboxylic acids is 1. The minimum absolute atomic E-state index is 0.191. The van der Waals surface area contributed by atoms with Gasteiger partial charge >= 0.3 is 0 Å². The fourth-order valence-electron chi connectivity index (χ4n) is 1.73. The number of imidazole rings is 1. The molecular formula is C10H14N2OS. The largest absolute Gasteiger partial charge is 0.329 e. The van der Waals surface area contributed by atoms with E-state index in [1.807, 2.05) is 24.7 Å². The lowest BCUT2D eigenvalue weighted by molar-refractivity contribution is -0.120. The van der Waals surface area contributed by atoms with Crippen molar-refractivity contribution in [2.75, 3.05) is 0 Å². The Labute approximate surface area is 87.9 Å². The molecule has 0 N–H and O–H groups in total. The van der Waals surface area contributed by atoms with E-state index in [-0.39, 0.29) is 5.92 Å². The van der Waals surface area contributed by atoms with Crippen LogP contribution in [0.5, 0.6) is 0 Å². The maximum absolute atomic E-state index is 11.4. The van der Waals surface area contributed by atoms with Gasteiger partial charge in [0.15, 0.2) is 5.16 Å². The summed E-state index contributed by atoms with van der Waals surface area (Å²) >= 11 is 1.73. The topological polar surface area (TPSA) is 34.9 Å². The van der Waals surface area contributed by atoms with Gasteiger partial charge in [0.2, 0.25) is 0 Å². The molecule has 14 heavy (non-hydrogen) atoms. The van der Waals surface area contributed by atoms with E-state index in [9.17, 15) is 4.79 Å². The van der Waals surface area contributed by atoms with Crippen LogP contribution < -0.4 is 0 Å². The van der Waals surface area contributed by atoms with E-state index in [0.29, 0.717) is 11.0 Å². The molecule has 1 aliphatic rings. The summed E-state index contributed by atoms with van der Waals surface area (Å²) in [5.74, 6) is 0.591. The highest BCUT2D eigenvalue weighted by atomic mass is 32.2. The van der Waals surface area contributed by atoms with E-state index >= 15 is 0 Å². The van der Waals surface area contributed by atoms with Crippen LogP contribution in [0.25, 0.3) is 0 Å². The molecule has 1 heterocycles. The second kappa shape index (κ2) is 3.77. The van der Waals surface area contributed by atoms with Gasteiger partial charge in [-0.2, -0.15) is 0 Å². The van der Waals surface area contributed by atoms with Crippen molar-refractivity contribution in [3.05, 3.63) is 12.4 Å². The first-order chi connectivity index (χ1) is 6.68. The fourth-order valence-corrected chi connectivity index (χ4v) is 2.94. The van der Waals surface area contributed by atoms with E-state index < -0.39 is 0 Å². The van der Waals surface area contributed by atoms with Gasteiger partial charge in [-0.15, -0.1) is 0 Å². The van der Waals surface area contributed by atoms with Crippen molar-refractivity contribution >= 4 is 17.5 Å². The molecule has 2 rings (SSSR count). The van der Waals surface area contributed by atoms with Crippen LogP contribution in [0.1, 0.15) is 19.8 Å². The predicted octanol–water partition coefficient (Wildman–Crippen LogP) is 1.88. The summed E-state index contributed by atoms with van der Waals surface area (Å²) in [6, 6.07) is 0. The van der Waals surface area contributed by atoms with Crippen molar-refractivity contribution in [2.24, 2.45) is 13.0 Å². The van der Waals surface area contributed by atoms with Gasteiger partial charge in [0.25, 0.3) is 0 Å². The first-order valence-electron chi connectivity index (χ1n) is 4.85. The van der Waals surface area contributed by atoms with Crippen LogP contribution in [-0.2, 0) is 11.8 Å². The summed E-state index contributed by atoms with van der Waals surface area (Å²) in [5.41, 5.74) is 0. The van der Waals surface area contributed by atoms with Gasteiger partial charge in [0.1, 0.15) is 5.78 Å². The molecule has 2 atom stereocenters. The van der Waals surface area contributed by atoms with Crippen LogP contribution in [0.3, 0.4) is 0 Å². The Hall–Kier alpha value is -0.770. The molecule has 2 unspecified atom stereocenters. The Bertz CT molecular complexity index is 348. The van der Waals surface area contributed by atoms with Crippen molar-refractivity contribution in [2.45, 2.75) is 30.2 Å². The SMILES string of the molecule is CC1C(=O)CCC1Sc1nccn1C. The molecule has 1 saturated carbocycles. The molecule has 1 aliphatic carbocycles. The molecule has 0 saturated heterocycles. The highest BCUT2D eigenvalue weighted by Gasteiger charge is 2.32. The highest BCUT2D eigenvalue weighted by molar-refractivity contribution is 7.99. The highest BCUT2D eigenvalue weighted by Crippen LogP contribution is 2.35. The van der Waals surface area contributed by atoms with Gasteiger partial charge in [0.05, 0.1) is 0 Å². The van der Waals surface area contributed by atoms with Crippen molar-refractivity contribution in [1.29, 1.82) is 0 Å². The number of ketones is 1. The summed E-state index contributed by atoms with van der Waals surface area (Å²) in [7, 11) is 1.98. The molecule has 0 radical (unpaired) electrons. The molecule has 1 fully saturated rings. The lowest BCUT2D eigenvalue weighted by Gasteiger charge is -2.12. The average molecular weight is 210 g/mol. The molecular weight excluding hydrogens is 196 g/mol. The number of aryl methyl sites for hydroxylation is 1. The Kier molecular flexibility index (Phi) is 2.63. The number of hydrogen-bond acceptors (Lipinski definition) is 3. The van der Waals surface area contributed by atoms with Gasteiger partial charge in [-0.25, -0.2) is 4.98 Å². The zero-order valence-corrected chi connectivity index (χ0v) is 9.25. The quantitative estimate of drug-likeness (QED) is 0.747. The van der Waals surface area contributed by atoms with Crippen LogP contribution in [0.4, 0.5) is 0 Å². The molecule has 0 aliphatic heterocycles. The van der Waals surface area contributed by atoms with Crippen molar-refractivity contribution in [3.8, 4) is 0 Å². The second-order valence-electron chi connectivity index (χ2n) is 3.77. The summed E-state index contributed by atoms with van der Waals surface area (Å²) in [6.07, 6.45) is 5.47. The van der Waals surface area contributed by atoms with Crippen molar-refractivity contribution < 1.29 is 4.79 Å². The number of thioether (sulfide) groups is 1. The Morgan fingerprint density at radius 3 is 2.93 bits per heavy atom. The number of aromatic nitrogens is 2. The average Bonchev–Trinajstić information content (AvgIpc) is 2.68. The molecule has 0 spiro atoms. The lowest BCUT2D eigenvalue weighted by atomic mass is 10.1. The molecule has 3 nitrogen and oxygen atoms in total. The van der Waals surface area contributed by atoms with Crippen molar-refractivity contribution in [1.82, 2.24) is 9.55 Å². The smallest absolute Gasteiger partial charge is 0.167 e. The number of carbonyl (C=O) groups is 1. The molecule has 76 valence electrons. The Morgan fingerprint density at radius 2 is 2.43 bits per heavy atom. The number of Topliss-reactive ketones (excluding diaryl/α,β-unsaturated/α-hetero) is 1. The lowest BCUT2D eigenvalue weighted by Crippen LogP contribution is -2.12. The maximum Gasteiger partial charge on any atom is 0.167 e. The number of hydrogen-bond donors (Lipinski definition) is 0. The molecule has 4 heteroatoms. The summed E-state index contributed by atoms with van der Waals surface area (Å²) < 4.78 is 2.00. The minimum atomic E-state index is 0.191. The van der Waals surface area contributed by atoms with Gasteiger partial charge in [-0.1, -0.05) is 18.7 Å². The fraction of sp³-hybridized carbons (Fsp3) is 0.600. The summed E-state index contributed by atoms with van der Waals surface area (Å²) in [5, 5.41) is 1.43. The summed E-state index contributed by atoms with van der Waals surface area (Å²) in [6.45, 7) is 2.02. The molecule has 0 aromatic carbocycles. The summed E-state index contributed by atoms with van der Waals surface area (Å²) in [4.78, 5) is 15.6. The molecule has 1 aromatic heterocycles. The third-order valence-electron chi connectivity index (χ3n) is 2.77. The van der Waals surface area contributed by atoms with Gasteiger partial charge in [0, 0.05) is 37.0 Å². The first kappa shape index (κ1) is 9.77. The Balaban J connectivity index is 2.05. The predicted molar refractivity (Wildman–Crippen MR) is 56.3 cm³/mol. The van der Waals surface area contributed by atoms with Crippen LogP contribution in [-0.4, -0.2) is 20.6 Å². The van der Waals surface area contributed by atoms with E-state index in [1.54, 1.807) is 18.0 Å². The van der Waals surface area contributed by atoms with E-state index in [4.69, 9.17) is 0 Å². The second-order valence-corrected chi connectivity index (χ2v) is 4.98. The third-order valence-corrected chi connectivity index (χ3v) is 4.33. The Morgan fingerprint density at radius 1 is 1.64 bits per heavy atom. The van der Waals surface area contributed by atoms with Gasteiger partial charge in [-0.3, -0.25) is 4.79 Å². The molecule has 0 bridgehead atoms. The normalized spacial score (nSPS) is 27.1. The zero-order chi connectivity index (χ0) is 10.1. The van der Waals surface area contributed by atoms with Crippen LogP contribution in [0.2, 0.25) is 0 Å². The number of rotatable bonds is 2. The third kappa shape index (κ3) is 1.71. The van der Waals surface area contributed by atoms with Crippen LogP contribution in [0, 0.1) is 5.92 Å². The maximum atomic E-state index is 11.4. The first-order valence-corrected chi connectivity index (χ1v) is 5.73. The minimum Gasteiger partial charge on any atom is -0.329 e. The zero-order valence-electron chi connectivity index (χ0n) is 8.43. The number of nitrogens with zero attached hydrogens (tertiary/aromatic N) is 2. The van der Waals surface area contributed by atoms with Crippen molar-refractivity contribution in [3.63, 3.8) is 0 Å². The van der Waals surface area contributed by atoms with E-state index in [2.05, 4.69) is 4.98 Å². The van der Waals surface area contributed by atoms with E-state index in [0.717, 1.165) is 18.0 Å². The molecule has 0 amide bonds. The van der Waals surface area contributed by atoms with Crippen LogP contribution >= 0.6 is 11.8 Å². The molecule has 1 aromatic rings. The monoisotopic (exact) mass is 210 g/mol. The van der Waals surface area contributed by atoms with Gasteiger partial charge in [-0.05, 0) is 6.42 Å². The van der Waals surface area contributed by atoms with Crippen LogP contribution in [0.15, 0.2) is 17.6 Å². The standard InChI is InChI=1S/C10H14N2OS/c1-7-8(13)3-4-9(7)14-10-11-5-6-12(10)2/h5-7,9H,3-4H2,1-2H3.